The van der Waals surface area contributed by atoms with Crippen molar-refractivity contribution >= 4 is 11.6 Å². The predicted octanol–water partition coefficient (Wildman–Crippen LogP) is 3.43. The highest BCUT2D eigenvalue weighted by atomic mass is 19.4. The van der Waals surface area contributed by atoms with Crippen molar-refractivity contribution in [3.8, 4) is 0 Å². The Kier molecular flexibility index (Phi) is 5.08. The van der Waals surface area contributed by atoms with Gasteiger partial charge in [0.25, 0.3) is 5.91 Å². The van der Waals surface area contributed by atoms with E-state index in [2.05, 4.69) is 5.32 Å². The topological polar surface area (TPSA) is 41.1 Å². The lowest BCUT2D eigenvalue weighted by molar-refractivity contribution is -0.137. The van der Waals surface area contributed by atoms with Crippen molar-refractivity contribution in [2.24, 2.45) is 0 Å². The second kappa shape index (κ2) is 6.23. The molecule has 0 fully saturated rings. The Morgan fingerprint density at radius 2 is 1.76 bits per heavy atom. The average Bonchev–Trinajstić information content (AvgIpc) is 2.35. The molecule has 0 saturated carbocycles. The lowest BCUT2D eigenvalue weighted by Gasteiger charge is -2.16. The van der Waals surface area contributed by atoms with Gasteiger partial charge in [0, 0.05) is 13.6 Å². The third kappa shape index (κ3) is 4.83. The van der Waals surface area contributed by atoms with Crippen LogP contribution in [0.1, 0.15) is 22.3 Å². The van der Waals surface area contributed by atoms with Crippen molar-refractivity contribution in [2.75, 3.05) is 18.9 Å². The Balaban J connectivity index is 2.95. The number of hydrogen-bond acceptors (Lipinski definition) is 2. The molecule has 1 aromatic carbocycles. The van der Waals surface area contributed by atoms with Crippen LogP contribution in [0, 0.1) is 0 Å². The van der Waals surface area contributed by atoms with E-state index in [1.54, 1.807) is 0 Å². The van der Waals surface area contributed by atoms with Crippen molar-refractivity contribution in [3.63, 3.8) is 0 Å². The first-order chi connectivity index (χ1) is 9.56. The van der Waals surface area contributed by atoms with Gasteiger partial charge in [0.05, 0.1) is 23.2 Å². The summed E-state index contributed by atoms with van der Waals surface area (Å²) in [5, 5.41) is 4.20. The zero-order valence-electron chi connectivity index (χ0n) is 10.8. The summed E-state index contributed by atoms with van der Waals surface area (Å²) in [7, 11) is 1.19. The third-order valence-electron chi connectivity index (χ3n) is 2.56. The molecule has 1 rings (SSSR count). The van der Waals surface area contributed by atoms with Crippen molar-refractivity contribution in [1.29, 1.82) is 0 Å². The number of halogens is 6. The summed E-state index contributed by atoms with van der Waals surface area (Å²) >= 11 is 0. The van der Waals surface area contributed by atoms with E-state index in [0.717, 1.165) is 18.2 Å². The van der Waals surface area contributed by atoms with Crippen LogP contribution in [0.4, 0.5) is 32.0 Å². The quantitative estimate of drug-likeness (QED) is 0.836. The maximum Gasteiger partial charge on any atom is 0.418 e. The minimum atomic E-state index is -4.68. The normalized spacial score (nSPS) is 12.1. The average molecular weight is 314 g/mol. The van der Waals surface area contributed by atoms with Crippen LogP contribution >= 0.6 is 0 Å². The second-order valence-corrected chi connectivity index (χ2v) is 4.10. The van der Waals surface area contributed by atoms with Crippen LogP contribution in [0.15, 0.2) is 18.2 Å². The number of benzene rings is 1. The van der Waals surface area contributed by atoms with Gasteiger partial charge in [0.2, 0.25) is 0 Å². The van der Waals surface area contributed by atoms with E-state index in [9.17, 15) is 31.1 Å². The molecule has 0 aliphatic carbocycles. The van der Waals surface area contributed by atoms with Crippen LogP contribution in [0.2, 0.25) is 0 Å². The Morgan fingerprint density at radius 3 is 2.24 bits per heavy atom. The summed E-state index contributed by atoms with van der Waals surface area (Å²) in [5.74, 6) is -1.00. The van der Waals surface area contributed by atoms with Gasteiger partial charge in [-0.15, -0.1) is 0 Å². The van der Waals surface area contributed by atoms with Gasteiger partial charge in [-0.1, -0.05) is 6.07 Å². The van der Waals surface area contributed by atoms with Gasteiger partial charge >= 0.3 is 12.4 Å². The minimum Gasteiger partial charge on any atom is -0.387 e. The Bertz CT molecular complexity index is 509. The van der Waals surface area contributed by atoms with E-state index in [0.29, 0.717) is 0 Å². The molecule has 1 aromatic rings. The number of nitrogens with one attached hydrogen (secondary N) is 2. The molecule has 0 heterocycles. The number of amides is 1. The molecule has 118 valence electrons. The molecule has 21 heavy (non-hydrogen) atoms. The lowest BCUT2D eigenvalue weighted by Crippen LogP contribution is -2.29. The molecule has 0 atom stereocenters. The summed E-state index contributed by atoms with van der Waals surface area (Å²) < 4.78 is 74.2. The molecule has 0 unspecified atom stereocenters. The smallest absolute Gasteiger partial charge is 0.387 e. The van der Waals surface area contributed by atoms with Gasteiger partial charge in [0.1, 0.15) is 0 Å². The van der Waals surface area contributed by atoms with Crippen LogP contribution in [0.3, 0.4) is 0 Å². The highest BCUT2D eigenvalue weighted by Crippen LogP contribution is 2.36. The van der Waals surface area contributed by atoms with Crippen LogP contribution in [0.25, 0.3) is 0 Å². The Morgan fingerprint density at radius 1 is 1.14 bits per heavy atom. The summed E-state index contributed by atoms with van der Waals surface area (Å²) in [6.45, 7) is -0.707. The Hall–Kier alpha value is -1.93. The SMILES string of the molecule is CNc1c(C(=O)NCCC(F)(F)F)cccc1C(F)(F)F. The monoisotopic (exact) mass is 314 g/mol. The van der Waals surface area contributed by atoms with Crippen molar-refractivity contribution in [2.45, 2.75) is 18.8 Å². The molecular formula is C12H12F6N2O. The van der Waals surface area contributed by atoms with Gasteiger partial charge in [-0.05, 0) is 12.1 Å². The van der Waals surface area contributed by atoms with Gasteiger partial charge in [-0.2, -0.15) is 26.3 Å². The van der Waals surface area contributed by atoms with Gasteiger partial charge < -0.3 is 10.6 Å². The molecule has 0 aliphatic rings. The maximum atomic E-state index is 12.8. The largest absolute Gasteiger partial charge is 0.418 e. The fourth-order valence-corrected chi connectivity index (χ4v) is 1.66. The standard InChI is InChI=1S/C12H12F6N2O/c1-19-9-7(3-2-4-8(9)12(16,17)18)10(21)20-6-5-11(13,14)15/h2-4,19H,5-6H2,1H3,(H,20,21). The highest BCUT2D eigenvalue weighted by molar-refractivity contribution is 6.00. The van der Waals surface area contributed by atoms with Crippen molar-refractivity contribution in [3.05, 3.63) is 29.3 Å². The molecule has 3 nitrogen and oxygen atoms in total. The first-order valence-electron chi connectivity index (χ1n) is 5.79. The number of carbonyl (C=O) groups is 1. The third-order valence-corrected chi connectivity index (χ3v) is 2.56. The van der Waals surface area contributed by atoms with Crippen molar-refractivity contribution < 1.29 is 31.1 Å². The van der Waals surface area contributed by atoms with Gasteiger partial charge in [0.15, 0.2) is 0 Å². The summed E-state index contributed by atoms with van der Waals surface area (Å²) in [4.78, 5) is 11.7. The first kappa shape index (κ1) is 17.1. The predicted molar refractivity (Wildman–Crippen MR) is 64.0 cm³/mol. The molecule has 2 N–H and O–H groups in total. The molecule has 0 aromatic heterocycles. The number of para-hydroxylation sites is 1. The van der Waals surface area contributed by atoms with E-state index in [1.165, 1.54) is 7.05 Å². The highest BCUT2D eigenvalue weighted by Gasteiger charge is 2.35. The summed E-state index contributed by atoms with van der Waals surface area (Å²) in [6, 6.07) is 2.89. The number of alkyl halides is 6. The fourth-order valence-electron chi connectivity index (χ4n) is 1.66. The first-order valence-corrected chi connectivity index (χ1v) is 5.79. The summed E-state index contributed by atoms with van der Waals surface area (Å²) in [5.41, 5.74) is -1.91. The summed E-state index contributed by atoms with van der Waals surface area (Å²) in [6.07, 6.45) is -10.4. The molecule has 0 aliphatic heterocycles. The van der Waals surface area contributed by atoms with E-state index in [1.807, 2.05) is 5.32 Å². The lowest BCUT2D eigenvalue weighted by atomic mass is 10.1. The maximum absolute atomic E-state index is 12.8. The van der Waals surface area contributed by atoms with E-state index in [-0.39, 0.29) is 5.56 Å². The van der Waals surface area contributed by atoms with E-state index >= 15 is 0 Å². The number of anilines is 1. The van der Waals surface area contributed by atoms with Gasteiger partial charge in [-0.25, -0.2) is 0 Å². The molecule has 9 heteroatoms. The van der Waals surface area contributed by atoms with Gasteiger partial charge in [-0.3, -0.25) is 4.79 Å². The zero-order valence-corrected chi connectivity index (χ0v) is 10.8. The number of hydrogen-bond donors (Lipinski definition) is 2. The van der Waals surface area contributed by atoms with Crippen LogP contribution in [0.5, 0.6) is 0 Å². The number of rotatable bonds is 4. The minimum absolute atomic E-state index is 0.366. The zero-order chi connectivity index (χ0) is 16.3. The second-order valence-electron chi connectivity index (χ2n) is 4.10. The fraction of sp³-hybridized carbons (Fsp3) is 0.417. The molecule has 1 amide bonds. The number of carbonyl (C=O) groups excluding carboxylic acids is 1. The van der Waals surface area contributed by atoms with Crippen LogP contribution in [-0.4, -0.2) is 25.7 Å². The molecular weight excluding hydrogens is 302 g/mol. The molecule has 0 radical (unpaired) electrons. The van der Waals surface area contributed by atoms with E-state index in [4.69, 9.17) is 0 Å². The molecule has 0 saturated heterocycles. The molecule has 0 spiro atoms. The van der Waals surface area contributed by atoms with Crippen LogP contribution < -0.4 is 10.6 Å². The van der Waals surface area contributed by atoms with E-state index < -0.39 is 42.5 Å². The Labute approximate surface area is 116 Å². The van der Waals surface area contributed by atoms with Crippen molar-refractivity contribution in [1.82, 2.24) is 5.32 Å². The molecule has 0 bridgehead atoms. The van der Waals surface area contributed by atoms with Crippen LogP contribution in [-0.2, 0) is 6.18 Å².